The van der Waals surface area contributed by atoms with E-state index in [-0.39, 0.29) is 30.6 Å². The summed E-state index contributed by atoms with van der Waals surface area (Å²) in [5.41, 5.74) is 0.936. The van der Waals surface area contributed by atoms with Crippen LogP contribution >= 0.6 is 11.3 Å². The Bertz CT molecular complexity index is 837. The Balaban J connectivity index is 1.64. The van der Waals surface area contributed by atoms with Crippen LogP contribution < -0.4 is 5.32 Å². The molecule has 1 unspecified atom stereocenters. The molecule has 0 saturated carbocycles. The van der Waals surface area contributed by atoms with Gasteiger partial charge in [0.1, 0.15) is 11.8 Å². The van der Waals surface area contributed by atoms with Crippen LogP contribution in [0.25, 0.3) is 0 Å². The summed E-state index contributed by atoms with van der Waals surface area (Å²) in [5.74, 6) is 0.495. The number of thiophene rings is 1. The van der Waals surface area contributed by atoms with Gasteiger partial charge >= 0.3 is 0 Å². The highest BCUT2D eigenvalue weighted by molar-refractivity contribution is 7.14. The van der Waals surface area contributed by atoms with E-state index in [1.807, 2.05) is 55.5 Å². The molecule has 0 bridgehead atoms. The van der Waals surface area contributed by atoms with Crippen LogP contribution in [-0.2, 0) is 4.79 Å². The van der Waals surface area contributed by atoms with Crippen molar-refractivity contribution in [2.45, 2.75) is 25.8 Å². The first kappa shape index (κ1) is 17.2. The highest BCUT2D eigenvalue weighted by atomic mass is 32.1. The molecule has 1 atom stereocenters. The Labute approximate surface area is 150 Å². The number of amides is 1. The van der Waals surface area contributed by atoms with Gasteiger partial charge in [-0.3, -0.25) is 9.59 Å². The number of hydrogen-bond acceptors (Lipinski definition) is 4. The van der Waals surface area contributed by atoms with Crippen LogP contribution in [0.3, 0.4) is 0 Å². The molecule has 2 aromatic heterocycles. The molecule has 3 aromatic rings. The van der Waals surface area contributed by atoms with Gasteiger partial charge < -0.3 is 9.73 Å². The Hall–Kier alpha value is -2.66. The zero-order valence-corrected chi connectivity index (χ0v) is 14.7. The number of carbonyl (C=O) groups is 2. The molecule has 1 amide bonds. The fraction of sp³-hybridized carbons (Fsp3) is 0.200. The summed E-state index contributed by atoms with van der Waals surface area (Å²) in [6.45, 7) is 1.96. The van der Waals surface area contributed by atoms with E-state index in [2.05, 4.69) is 5.32 Å². The first-order valence-corrected chi connectivity index (χ1v) is 8.92. The van der Waals surface area contributed by atoms with E-state index >= 15 is 0 Å². The minimum Gasteiger partial charge on any atom is -0.467 e. The third kappa shape index (κ3) is 4.45. The monoisotopic (exact) mass is 353 g/mol. The number of benzene rings is 1. The number of rotatable bonds is 7. The summed E-state index contributed by atoms with van der Waals surface area (Å²) >= 11 is 1.46. The number of hydrogen-bond donors (Lipinski definition) is 1. The van der Waals surface area contributed by atoms with Crippen molar-refractivity contribution in [3.63, 3.8) is 0 Å². The molecule has 1 N–H and O–H groups in total. The second-order valence-corrected chi connectivity index (χ2v) is 7.05. The number of nitrogens with one attached hydrogen (secondary N) is 1. The van der Waals surface area contributed by atoms with Crippen LogP contribution in [0.4, 0.5) is 0 Å². The summed E-state index contributed by atoms with van der Waals surface area (Å²) in [6.07, 6.45) is 1.94. The van der Waals surface area contributed by atoms with Crippen molar-refractivity contribution in [3.8, 4) is 0 Å². The van der Waals surface area contributed by atoms with Gasteiger partial charge in [-0.2, -0.15) is 0 Å². The van der Waals surface area contributed by atoms with Crippen LogP contribution in [0.1, 0.15) is 44.8 Å². The van der Waals surface area contributed by atoms with Gasteiger partial charge in [-0.1, -0.05) is 30.3 Å². The van der Waals surface area contributed by atoms with Gasteiger partial charge in [-0.15, -0.1) is 11.3 Å². The van der Waals surface area contributed by atoms with Crippen LogP contribution in [0.5, 0.6) is 0 Å². The molecule has 0 radical (unpaired) electrons. The maximum atomic E-state index is 12.4. The summed E-state index contributed by atoms with van der Waals surface area (Å²) in [6, 6.07) is 16.6. The molecular formula is C20H19NO3S. The normalized spacial score (nSPS) is 11.9. The lowest BCUT2D eigenvalue weighted by molar-refractivity contribution is -0.121. The van der Waals surface area contributed by atoms with E-state index in [9.17, 15) is 9.59 Å². The molecule has 0 aliphatic carbocycles. The van der Waals surface area contributed by atoms with Crippen molar-refractivity contribution in [2.75, 3.05) is 0 Å². The van der Waals surface area contributed by atoms with Crippen molar-refractivity contribution in [1.29, 1.82) is 0 Å². The molecular weight excluding hydrogens is 334 g/mol. The Morgan fingerprint density at radius 2 is 1.84 bits per heavy atom. The van der Waals surface area contributed by atoms with E-state index in [1.165, 1.54) is 11.3 Å². The molecule has 0 saturated heterocycles. The fourth-order valence-corrected chi connectivity index (χ4v) is 3.42. The lowest BCUT2D eigenvalue weighted by atomic mass is 10.0. The van der Waals surface area contributed by atoms with Crippen molar-refractivity contribution in [1.82, 2.24) is 5.32 Å². The van der Waals surface area contributed by atoms with Crippen LogP contribution in [-0.4, -0.2) is 11.7 Å². The average molecular weight is 353 g/mol. The maximum absolute atomic E-state index is 12.4. The van der Waals surface area contributed by atoms with E-state index in [0.717, 1.165) is 10.4 Å². The molecule has 3 rings (SSSR count). The number of Topliss-reactive ketones (excluding diaryl/α,β-unsaturated/α-hetero) is 1. The second-order valence-electron chi connectivity index (χ2n) is 5.76. The van der Waals surface area contributed by atoms with Crippen molar-refractivity contribution >= 4 is 23.0 Å². The number of furan rings is 1. The Morgan fingerprint density at radius 1 is 1.04 bits per heavy atom. The zero-order valence-electron chi connectivity index (χ0n) is 13.9. The molecule has 0 fully saturated rings. The van der Waals surface area contributed by atoms with Gasteiger partial charge in [0, 0.05) is 17.7 Å². The fourth-order valence-electron chi connectivity index (χ4n) is 2.59. The number of ketones is 1. The molecule has 0 spiro atoms. The van der Waals surface area contributed by atoms with Gasteiger partial charge in [0.2, 0.25) is 5.91 Å². The van der Waals surface area contributed by atoms with E-state index in [1.54, 1.807) is 12.3 Å². The van der Waals surface area contributed by atoms with Gasteiger partial charge in [-0.25, -0.2) is 0 Å². The van der Waals surface area contributed by atoms with Crippen molar-refractivity contribution in [2.24, 2.45) is 0 Å². The first-order valence-electron chi connectivity index (χ1n) is 8.11. The highest BCUT2D eigenvalue weighted by Gasteiger charge is 2.20. The Kier molecular flexibility index (Phi) is 5.46. The Morgan fingerprint density at radius 3 is 2.48 bits per heavy atom. The van der Waals surface area contributed by atoms with Gasteiger partial charge in [0.05, 0.1) is 11.1 Å². The minimum atomic E-state index is -0.359. The first-order chi connectivity index (χ1) is 12.1. The predicted octanol–water partition coefficient (Wildman–Crippen LogP) is 4.52. The molecule has 0 aliphatic heterocycles. The standard InChI is InChI=1S/C20H19NO3S/c1-14-9-11-18(25-14)16(22)10-12-19(23)21-20(17-8-5-13-24-17)15-6-3-2-4-7-15/h2-9,11,13,20H,10,12H2,1H3,(H,21,23). The SMILES string of the molecule is Cc1ccc(C(=O)CCC(=O)NC(c2ccccc2)c2ccco2)s1. The number of aryl methyl sites for hydroxylation is 1. The average Bonchev–Trinajstić information content (AvgIpc) is 3.30. The molecule has 2 heterocycles. The summed E-state index contributed by atoms with van der Waals surface area (Å²) < 4.78 is 5.47. The van der Waals surface area contributed by atoms with Crippen molar-refractivity contribution < 1.29 is 14.0 Å². The maximum Gasteiger partial charge on any atom is 0.221 e. The summed E-state index contributed by atoms with van der Waals surface area (Å²) in [7, 11) is 0. The minimum absolute atomic E-state index is 0.00232. The largest absolute Gasteiger partial charge is 0.467 e. The second kappa shape index (κ2) is 7.94. The van der Waals surface area contributed by atoms with E-state index < -0.39 is 0 Å². The summed E-state index contributed by atoms with van der Waals surface area (Å²) in [4.78, 5) is 26.3. The van der Waals surface area contributed by atoms with Crippen LogP contribution in [0.2, 0.25) is 0 Å². The van der Waals surface area contributed by atoms with Crippen molar-refractivity contribution in [3.05, 3.63) is 81.9 Å². The molecule has 1 aromatic carbocycles. The number of carbonyl (C=O) groups excluding carboxylic acids is 2. The lowest BCUT2D eigenvalue weighted by Gasteiger charge is -2.17. The molecule has 128 valence electrons. The van der Waals surface area contributed by atoms with Crippen LogP contribution in [0.15, 0.2) is 65.3 Å². The smallest absolute Gasteiger partial charge is 0.221 e. The molecule has 25 heavy (non-hydrogen) atoms. The third-order valence-corrected chi connectivity index (χ3v) is 4.90. The van der Waals surface area contributed by atoms with Gasteiger partial charge in [0.15, 0.2) is 5.78 Å². The van der Waals surface area contributed by atoms with Crippen LogP contribution in [0, 0.1) is 6.92 Å². The van der Waals surface area contributed by atoms with E-state index in [0.29, 0.717) is 10.6 Å². The van der Waals surface area contributed by atoms with E-state index in [4.69, 9.17) is 4.42 Å². The predicted molar refractivity (Wildman–Crippen MR) is 97.8 cm³/mol. The highest BCUT2D eigenvalue weighted by Crippen LogP contribution is 2.23. The molecule has 4 nitrogen and oxygen atoms in total. The zero-order chi connectivity index (χ0) is 17.6. The summed E-state index contributed by atoms with van der Waals surface area (Å²) in [5, 5.41) is 2.97. The lowest BCUT2D eigenvalue weighted by Crippen LogP contribution is -2.29. The quantitative estimate of drug-likeness (QED) is 0.635. The van der Waals surface area contributed by atoms with Gasteiger partial charge in [0.25, 0.3) is 0 Å². The van der Waals surface area contributed by atoms with Gasteiger partial charge in [-0.05, 0) is 36.8 Å². The molecule has 0 aliphatic rings. The third-order valence-electron chi connectivity index (χ3n) is 3.86. The topological polar surface area (TPSA) is 59.3 Å². The molecule has 5 heteroatoms.